The van der Waals surface area contributed by atoms with Crippen molar-refractivity contribution in [1.82, 2.24) is 4.90 Å². The van der Waals surface area contributed by atoms with Crippen LogP contribution in [0.3, 0.4) is 0 Å². The molecule has 0 aromatic heterocycles. The number of carbonyl (C=O) groups excluding carboxylic acids is 1. The maximum Gasteiger partial charge on any atom is 0.311 e. The number of nitrogens with zero attached hydrogens (tertiary/aromatic N) is 2. The lowest BCUT2D eigenvalue weighted by atomic mass is 9.90. The van der Waals surface area contributed by atoms with Gasteiger partial charge in [-0.1, -0.05) is 0 Å². The third-order valence-electron chi connectivity index (χ3n) is 4.05. The first-order valence-corrected chi connectivity index (χ1v) is 8.85. The molecule has 1 fully saturated rings. The van der Waals surface area contributed by atoms with Crippen molar-refractivity contribution in [3.8, 4) is 0 Å². The van der Waals surface area contributed by atoms with Crippen molar-refractivity contribution in [2.75, 3.05) is 19.3 Å². The number of amides is 1. The van der Waals surface area contributed by atoms with Crippen molar-refractivity contribution >= 4 is 27.4 Å². The topological polar surface area (TPSA) is 135 Å². The molecule has 1 aromatic carbocycles. The van der Waals surface area contributed by atoms with Gasteiger partial charge in [-0.05, 0) is 19.4 Å². The summed E-state index contributed by atoms with van der Waals surface area (Å²) >= 11 is 0. The number of hydrogen-bond donors (Lipinski definition) is 1. The lowest BCUT2D eigenvalue weighted by molar-refractivity contribution is -0.385. The molecule has 1 saturated heterocycles. The zero-order valence-corrected chi connectivity index (χ0v) is 13.9. The van der Waals surface area contributed by atoms with Gasteiger partial charge in [-0.3, -0.25) is 19.7 Å². The molecule has 0 spiro atoms. The number of non-ortho nitro benzene ring substituents is 1. The van der Waals surface area contributed by atoms with Crippen molar-refractivity contribution in [3.05, 3.63) is 33.9 Å². The Morgan fingerprint density at radius 2 is 1.96 bits per heavy atom. The second-order valence-electron chi connectivity index (χ2n) is 6.09. The summed E-state index contributed by atoms with van der Waals surface area (Å²) in [5.41, 5.74) is -1.75. The quantitative estimate of drug-likeness (QED) is 0.626. The molecule has 1 aromatic rings. The fraction of sp³-hybridized carbons (Fsp3) is 0.429. The molecule has 10 heteroatoms. The molecule has 1 amide bonds. The Hall–Kier alpha value is -2.49. The summed E-state index contributed by atoms with van der Waals surface area (Å²) in [6.45, 7) is 1.65. The number of rotatable bonds is 4. The molecule has 0 radical (unpaired) electrons. The highest BCUT2D eigenvalue weighted by atomic mass is 32.2. The molecule has 0 aliphatic carbocycles. The Kier molecular flexibility index (Phi) is 4.36. The van der Waals surface area contributed by atoms with Gasteiger partial charge in [0.15, 0.2) is 9.84 Å². The summed E-state index contributed by atoms with van der Waals surface area (Å²) in [6.07, 6.45) is 1.14. The lowest BCUT2D eigenvalue weighted by Gasteiger charge is -2.20. The number of hydrogen-bond acceptors (Lipinski definition) is 6. The molecule has 1 heterocycles. The van der Waals surface area contributed by atoms with E-state index in [-0.39, 0.29) is 30.0 Å². The minimum atomic E-state index is -3.74. The first-order chi connectivity index (χ1) is 10.9. The van der Waals surface area contributed by atoms with Gasteiger partial charge in [0, 0.05) is 37.0 Å². The van der Waals surface area contributed by atoms with Gasteiger partial charge >= 0.3 is 5.97 Å². The van der Waals surface area contributed by atoms with Crippen LogP contribution >= 0.6 is 0 Å². The molecule has 1 aliphatic rings. The average Bonchev–Trinajstić information content (AvgIpc) is 2.89. The first-order valence-electron chi connectivity index (χ1n) is 6.96. The summed E-state index contributed by atoms with van der Waals surface area (Å²) in [5.74, 6) is -1.66. The van der Waals surface area contributed by atoms with Crippen molar-refractivity contribution in [2.45, 2.75) is 18.2 Å². The van der Waals surface area contributed by atoms with E-state index >= 15 is 0 Å². The summed E-state index contributed by atoms with van der Waals surface area (Å²) in [4.78, 5) is 34.9. The van der Waals surface area contributed by atoms with E-state index in [4.69, 9.17) is 0 Å². The molecular formula is C14H16N2O7S. The number of nitro benzene ring substituents is 1. The van der Waals surface area contributed by atoms with Crippen LogP contribution in [-0.4, -0.2) is 54.6 Å². The maximum atomic E-state index is 12.5. The van der Waals surface area contributed by atoms with Gasteiger partial charge in [0.25, 0.3) is 11.6 Å². The molecule has 1 unspecified atom stereocenters. The zero-order valence-electron chi connectivity index (χ0n) is 13.1. The fourth-order valence-corrected chi connectivity index (χ4v) is 3.19. The van der Waals surface area contributed by atoms with Gasteiger partial charge in [0.2, 0.25) is 0 Å². The van der Waals surface area contributed by atoms with E-state index in [1.807, 2.05) is 0 Å². The number of carboxylic acid groups (broad SMARTS) is 1. The molecule has 24 heavy (non-hydrogen) atoms. The predicted octanol–water partition coefficient (Wildman–Crippen LogP) is 0.935. The van der Waals surface area contributed by atoms with E-state index in [1.54, 1.807) is 0 Å². The number of nitro groups is 1. The standard InChI is InChI=1S/C14H16N2O7S/c1-14(13(18)19)3-4-15(8-14)12(17)9-5-10(16(20)21)7-11(6-9)24(2,22)23/h5-7H,3-4,8H2,1-2H3,(H,18,19). The Morgan fingerprint density at radius 3 is 2.42 bits per heavy atom. The van der Waals surface area contributed by atoms with Crippen LogP contribution in [0.1, 0.15) is 23.7 Å². The molecule has 0 saturated carbocycles. The van der Waals surface area contributed by atoms with Crippen LogP contribution < -0.4 is 0 Å². The van der Waals surface area contributed by atoms with E-state index in [0.29, 0.717) is 0 Å². The molecular weight excluding hydrogens is 340 g/mol. The summed E-state index contributed by atoms with van der Waals surface area (Å²) in [7, 11) is -3.74. The van der Waals surface area contributed by atoms with Gasteiger partial charge in [0.1, 0.15) is 0 Å². The zero-order chi connectivity index (χ0) is 18.3. The highest BCUT2D eigenvalue weighted by molar-refractivity contribution is 7.90. The smallest absolute Gasteiger partial charge is 0.311 e. The number of likely N-dealkylation sites (tertiary alicyclic amines) is 1. The summed E-state index contributed by atoms with van der Waals surface area (Å²) < 4.78 is 23.3. The highest BCUT2D eigenvalue weighted by Crippen LogP contribution is 2.32. The van der Waals surface area contributed by atoms with E-state index in [9.17, 15) is 33.2 Å². The second kappa shape index (κ2) is 5.86. The molecule has 1 N–H and O–H groups in total. The second-order valence-corrected chi connectivity index (χ2v) is 8.10. The average molecular weight is 356 g/mol. The Morgan fingerprint density at radius 1 is 1.33 bits per heavy atom. The van der Waals surface area contributed by atoms with Crippen LogP contribution in [0.4, 0.5) is 5.69 Å². The van der Waals surface area contributed by atoms with Gasteiger partial charge in [-0.2, -0.15) is 0 Å². The van der Waals surface area contributed by atoms with Crippen molar-refractivity contribution in [2.24, 2.45) is 5.41 Å². The minimum absolute atomic E-state index is 0.0436. The number of carboxylic acids is 1. The van der Waals surface area contributed by atoms with E-state index < -0.39 is 37.7 Å². The monoisotopic (exact) mass is 356 g/mol. The molecule has 130 valence electrons. The lowest BCUT2D eigenvalue weighted by Crippen LogP contribution is -2.35. The summed E-state index contributed by atoms with van der Waals surface area (Å²) in [6, 6.07) is 2.95. The van der Waals surface area contributed by atoms with Crippen LogP contribution in [0.15, 0.2) is 23.1 Å². The molecule has 0 bridgehead atoms. The van der Waals surface area contributed by atoms with Crippen LogP contribution in [0.25, 0.3) is 0 Å². The fourth-order valence-electron chi connectivity index (χ4n) is 2.52. The van der Waals surface area contributed by atoms with Crippen LogP contribution in [0.2, 0.25) is 0 Å². The SMILES string of the molecule is CC1(C(=O)O)CCN(C(=O)c2cc([N+](=O)[O-])cc(S(C)(=O)=O)c2)C1. The molecule has 1 aliphatic heterocycles. The first kappa shape index (κ1) is 17.9. The third kappa shape index (κ3) is 3.37. The van der Waals surface area contributed by atoms with Crippen LogP contribution in [-0.2, 0) is 14.6 Å². The van der Waals surface area contributed by atoms with E-state index in [2.05, 4.69) is 0 Å². The largest absolute Gasteiger partial charge is 0.481 e. The maximum absolute atomic E-state index is 12.5. The summed E-state index contributed by atoms with van der Waals surface area (Å²) in [5, 5.41) is 20.2. The molecule has 2 rings (SSSR count). The number of aliphatic carboxylic acids is 1. The molecule has 1 atom stereocenters. The van der Waals surface area contributed by atoms with Crippen molar-refractivity contribution < 1.29 is 28.0 Å². The van der Waals surface area contributed by atoms with Gasteiger partial charge < -0.3 is 10.0 Å². The van der Waals surface area contributed by atoms with E-state index in [0.717, 1.165) is 24.5 Å². The number of sulfone groups is 1. The minimum Gasteiger partial charge on any atom is -0.481 e. The highest BCUT2D eigenvalue weighted by Gasteiger charge is 2.42. The third-order valence-corrected chi connectivity index (χ3v) is 5.15. The number of benzene rings is 1. The number of carbonyl (C=O) groups is 2. The Balaban J connectivity index is 2.42. The van der Waals surface area contributed by atoms with E-state index in [1.165, 1.54) is 11.8 Å². The van der Waals surface area contributed by atoms with Crippen molar-refractivity contribution in [1.29, 1.82) is 0 Å². The Bertz CT molecular complexity index is 834. The van der Waals surface area contributed by atoms with Gasteiger partial charge in [-0.15, -0.1) is 0 Å². The van der Waals surface area contributed by atoms with Crippen LogP contribution in [0.5, 0.6) is 0 Å². The van der Waals surface area contributed by atoms with Crippen molar-refractivity contribution in [3.63, 3.8) is 0 Å². The predicted molar refractivity (Wildman–Crippen MR) is 82.5 cm³/mol. The normalized spacial score (nSPS) is 20.8. The van der Waals surface area contributed by atoms with Crippen LogP contribution in [0, 0.1) is 15.5 Å². The van der Waals surface area contributed by atoms with Gasteiger partial charge in [-0.25, -0.2) is 8.42 Å². The molecule has 9 nitrogen and oxygen atoms in total. The Labute approximate surface area is 138 Å². The van der Waals surface area contributed by atoms with Gasteiger partial charge in [0.05, 0.1) is 15.2 Å².